The maximum absolute atomic E-state index is 11.4. The number of hydrogen-bond donors (Lipinski definition) is 0. The molecule has 0 N–H and O–H groups in total. The highest BCUT2D eigenvalue weighted by Gasteiger charge is 2.46. The number of thioether (sulfide) groups is 1. The highest BCUT2D eigenvalue weighted by Crippen LogP contribution is 2.59. The number of hydrogen-bond acceptors (Lipinski definition) is 4. The van der Waals surface area contributed by atoms with Crippen molar-refractivity contribution in [2.75, 3.05) is 5.75 Å². The van der Waals surface area contributed by atoms with Crippen molar-refractivity contribution in [3.8, 4) is 11.6 Å². The molecule has 4 nitrogen and oxygen atoms in total. The van der Waals surface area contributed by atoms with Gasteiger partial charge in [-0.05, 0) is 41.1 Å². The second kappa shape index (κ2) is 5.73. The monoisotopic (exact) mass is 322 g/mol. The Morgan fingerprint density at radius 1 is 1.33 bits per heavy atom. The second-order valence-corrected chi connectivity index (χ2v) is 6.93. The van der Waals surface area contributed by atoms with Crippen molar-refractivity contribution < 1.29 is 9.58 Å². The summed E-state index contributed by atoms with van der Waals surface area (Å²) in [6.45, 7) is 2.16. The van der Waals surface area contributed by atoms with Gasteiger partial charge in [0.2, 0.25) is 0 Å². The van der Waals surface area contributed by atoms with Gasteiger partial charge in [0.1, 0.15) is 5.75 Å². The van der Waals surface area contributed by atoms with E-state index in [0.717, 1.165) is 24.3 Å². The fourth-order valence-corrected chi connectivity index (χ4v) is 3.72. The lowest BCUT2D eigenvalue weighted by Gasteiger charge is -2.18. The Labute approximate surface area is 132 Å². The third-order valence-electron chi connectivity index (χ3n) is 3.45. The summed E-state index contributed by atoms with van der Waals surface area (Å²) in [7, 11) is 0. The predicted molar refractivity (Wildman–Crippen MR) is 83.8 cm³/mol. The highest BCUT2D eigenvalue weighted by molar-refractivity contribution is 8.00. The molecule has 1 aliphatic carbocycles. The van der Waals surface area contributed by atoms with Gasteiger partial charge in [-0.2, -0.15) is 11.8 Å². The highest BCUT2D eigenvalue weighted by atomic mass is 35.5. The average molecular weight is 323 g/mol. The zero-order chi connectivity index (χ0) is 14.9. The van der Waals surface area contributed by atoms with E-state index in [9.17, 15) is 5.21 Å². The SMILES string of the molecule is CCSC1(c2ccccc2Oc2ccc(Cl)[n+]([O-])n2)CC1. The van der Waals surface area contributed by atoms with Gasteiger partial charge in [0.15, 0.2) is 0 Å². The van der Waals surface area contributed by atoms with Crippen LogP contribution in [0.25, 0.3) is 0 Å². The number of aromatic nitrogens is 2. The summed E-state index contributed by atoms with van der Waals surface area (Å²) in [5, 5.41) is 15.2. The van der Waals surface area contributed by atoms with Crippen molar-refractivity contribution in [2.45, 2.75) is 24.5 Å². The van der Waals surface area contributed by atoms with Crippen LogP contribution in [-0.2, 0) is 4.75 Å². The largest absolute Gasteiger partial charge is 0.593 e. The van der Waals surface area contributed by atoms with Crippen molar-refractivity contribution in [1.82, 2.24) is 5.10 Å². The first-order chi connectivity index (χ1) is 10.1. The molecule has 0 bridgehead atoms. The summed E-state index contributed by atoms with van der Waals surface area (Å²) in [6.07, 6.45) is 2.31. The summed E-state index contributed by atoms with van der Waals surface area (Å²) in [5.41, 5.74) is 1.17. The number of para-hydroxylation sites is 1. The third-order valence-corrected chi connectivity index (χ3v) is 5.19. The summed E-state index contributed by atoms with van der Waals surface area (Å²) in [5.74, 6) is 2.07. The summed E-state index contributed by atoms with van der Waals surface area (Å²) >= 11 is 7.61. The Hall–Kier alpha value is -1.46. The smallest absolute Gasteiger partial charge is 0.313 e. The zero-order valence-electron chi connectivity index (χ0n) is 11.6. The molecule has 0 amide bonds. The molecule has 6 heteroatoms. The molecule has 0 spiro atoms. The van der Waals surface area contributed by atoms with Crippen LogP contribution in [0.2, 0.25) is 5.15 Å². The Morgan fingerprint density at radius 3 is 2.76 bits per heavy atom. The van der Waals surface area contributed by atoms with E-state index < -0.39 is 0 Å². The van der Waals surface area contributed by atoms with Gasteiger partial charge in [-0.25, -0.2) is 0 Å². The normalized spacial score (nSPS) is 15.7. The molecule has 1 aromatic carbocycles. The maximum Gasteiger partial charge on any atom is 0.313 e. The minimum absolute atomic E-state index is 0.0239. The molecule has 0 radical (unpaired) electrons. The number of rotatable bonds is 5. The molecule has 1 saturated carbocycles. The minimum atomic E-state index is 0.0239. The molecular weight excluding hydrogens is 308 g/mol. The number of benzene rings is 1. The van der Waals surface area contributed by atoms with Crippen LogP contribution in [0.15, 0.2) is 36.4 Å². The van der Waals surface area contributed by atoms with Gasteiger partial charge in [0.05, 0.1) is 5.10 Å². The molecule has 1 heterocycles. The van der Waals surface area contributed by atoms with Gasteiger partial charge >= 0.3 is 5.15 Å². The topological polar surface area (TPSA) is 49.1 Å². The van der Waals surface area contributed by atoms with Crippen LogP contribution in [0, 0.1) is 5.21 Å². The molecule has 1 aliphatic rings. The molecule has 0 atom stereocenters. The first kappa shape index (κ1) is 14.5. The Morgan fingerprint density at radius 2 is 2.10 bits per heavy atom. The Kier molecular flexibility index (Phi) is 3.95. The van der Waals surface area contributed by atoms with Crippen molar-refractivity contribution >= 4 is 23.4 Å². The third kappa shape index (κ3) is 2.94. The quantitative estimate of drug-likeness (QED) is 0.618. The van der Waals surface area contributed by atoms with Crippen molar-refractivity contribution in [1.29, 1.82) is 0 Å². The summed E-state index contributed by atoms with van der Waals surface area (Å²) < 4.78 is 5.97. The minimum Gasteiger partial charge on any atom is -0.593 e. The molecule has 0 aliphatic heterocycles. The number of halogens is 1. The standard InChI is InChI=1S/C15H15ClN2O2S/c1-2-21-15(9-10-15)11-5-3-4-6-12(11)20-14-8-7-13(16)18(19)17-14/h3-8H,2,9-10H2,1H3. The number of nitrogens with zero attached hydrogens (tertiary/aromatic N) is 2. The van der Waals surface area contributed by atoms with Crippen LogP contribution in [0.1, 0.15) is 25.3 Å². The Bertz CT molecular complexity index is 662. The van der Waals surface area contributed by atoms with E-state index >= 15 is 0 Å². The molecular formula is C15H15ClN2O2S. The van der Waals surface area contributed by atoms with Crippen molar-refractivity contribution in [3.05, 3.63) is 52.3 Å². The summed E-state index contributed by atoms with van der Waals surface area (Å²) in [6, 6.07) is 11.0. The van der Waals surface area contributed by atoms with Crippen LogP contribution in [0.5, 0.6) is 11.6 Å². The predicted octanol–water partition coefficient (Wildman–Crippen LogP) is 3.90. The van der Waals surface area contributed by atoms with Gasteiger partial charge in [-0.3, -0.25) is 0 Å². The molecule has 2 aromatic rings. The van der Waals surface area contributed by atoms with E-state index in [0.29, 0.717) is 4.85 Å². The molecule has 3 rings (SSSR count). The van der Waals surface area contributed by atoms with E-state index in [1.54, 1.807) is 6.07 Å². The zero-order valence-corrected chi connectivity index (χ0v) is 13.2. The lowest BCUT2D eigenvalue weighted by atomic mass is 10.1. The molecule has 21 heavy (non-hydrogen) atoms. The van der Waals surface area contributed by atoms with Gasteiger partial charge in [0, 0.05) is 22.4 Å². The fourth-order valence-electron chi connectivity index (χ4n) is 2.35. The van der Waals surface area contributed by atoms with Crippen molar-refractivity contribution in [3.63, 3.8) is 0 Å². The van der Waals surface area contributed by atoms with Crippen LogP contribution >= 0.6 is 23.4 Å². The van der Waals surface area contributed by atoms with Crippen LogP contribution in [0.4, 0.5) is 0 Å². The molecule has 1 aromatic heterocycles. The molecule has 1 fully saturated rings. The first-order valence-corrected chi connectivity index (χ1v) is 8.19. The van der Waals surface area contributed by atoms with Crippen LogP contribution in [-0.4, -0.2) is 10.9 Å². The van der Waals surface area contributed by atoms with E-state index in [1.807, 2.05) is 30.0 Å². The lowest BCUT2D eigenvalue weighted by molar-refractivity contribution is -0.667. The van der Waals surface area contributed by atoms with Gasteiger partial charge < -0.3 is 9.94 Å². The van der Waals surface area contributed by atoms with Crippen LogP contribution in [0.3, 0.4) is 0 Å². The van der Waals surface area contributed by atoms with Crippen LogP contribution < -0.4 is 9.58 Å². The van der Waals surface area contributed by atoms with E-state index in [1.165, 1.54) is 11.6 Å². The van der Waals surface area contributed by atoms with E-state index in [2.05, 4.69) is 18.1 Å². The van der Waals surface area contributed by atoms with Crippen molar-refractivity contribution in [2.24, 2.45) is 0 Å². The molecule has 0 saturated heterocycles. The first-order valence-electron chi connectivity index (χ1n) is 6.82. The van der Waals surface area contributed by atoms with Gasteiger partial charge in [0.25, 0.3) is 5.88 Å². The maximum atomic E-state index is 11.4. The van der Waals surface area contributed by atoms with E-state index in [-0.39, 0.29) is 15.8 Å². The average Bonchev–Trinajstić information content (AvgIpc) is 3.25. The molecule has 0 unspecified atom stereocenters. The Balaban J connectivity index is 1.91. The van der Waals surface area contributed by atoms with Gasteiger partial charge in [-0.1, -0.05) is 25.1 Å². The fraction of sp³-hybridized carbons (Fsp3) is 0.333. The number of ether oxygens (including phenoxy) is 1. The second-order valence-electron chi connectivity index (χ2n) is 4.89. The van der Waals surface area contributed by atoms with Gasteiger partial charge in [-0.15, -0.1) is 0 Å². The van der Waals surface area contributed by atoms with E-state index in [4.69, 9.17) is 16.3 Å². The molecule has 110 valence electrons. The summed E-state index contributed by atoms with van der Waals surface area (Å²) in [4.78, 5) is 0.354. The lowest BCUT2D eigenvalue weighted by Crippen LogP contribution is -2.32.